The Bertz CT molecular complexity index is 412. The fourth-order valence-corrected chi connectivity index (χ4v) is 2.02. The molecular weight excluding hydrogens is 206 g/mol. The van der Waals surface area contributed by atoms with Crippen molar-refractivity contribution in [3.63, 3.8) is 0 Å². The maximum Gasteiger partial charge on any atom is 0.0984 e. The Kier molecular flexibility index (Phi) is 3.29. The molecule has 0 aliphatic rings. The fraction of sp³-hybridized carbons (Fsp3) is 0.273. The van der Waals surface area contributed by atoms with E-state index >= 15 is 0 Å². The second-order valence-corrected chi connectivity index (χ2v) is 4.15. The first-order valence-corrected chi connectivity index (χ1v) is 5.83. The van der Waals surface area contributed by atoms with Gasteiger partial charge in [0.05, 0.1) is 5.01 Å². The summed E-state index contributed by atoms with van der Waals surface area (Å²) < 4.78 is 0. The van der Waals surface area contributed by atoms with Crippen LogP contribution in [0.25, 0.3) is 0 Å². The molecule has 0 aliphatic carbocycles. The van der Waals surface area contributed by atoms with Gasteiger partial charge in [-0.3, -0.25) is 4.98 Å². The van der Waals surface area contributed by atoms with E-state index in [0.717, 1.165) is 29.4 Å². The Morgan fingerprint density at radius 2 is 2.27 bits per heavy atom. The van der Waals surface area contributed by atoms with Gasteiger partial charge in [-0.05, 0) is 19.1 Å². The standard InChI is InChI=1S/C11H13N3S/c1-2-12-9-3-4-13-10(7-9)8-11-14-5-6-15-11/h3-7H,2,8H2,1H3,(H,12,13). The normalized spacial score (nSPS) is 10.2. The van der Waals surface area contributed by atoms with Crippen LogP contribution >= 0.6 is 11.3 Å². The molecule has 15 heavy (non-hydrogen) atoms. The van der Waals surface area contributed by atoms with Crippen LogP contribution in [0.5, 0.6) is 0 Å². The summed E-state index contributed by atoms with van der Waals surface area (Å²) in [6.07, 6.45) is 4.48. The molecule has 78 valence electrons. The lowest BCUT2D eigenvalue weighted by atomic mass is 10.2. The quantitative estimate of drug-likeness (QED) is 0.858. The fourth-order valence-electron chi connectivity index (χ4n) is 1.38. The van der Waals surface area contributed by atoms with Gasteiger partial charge >= 0.3 is 0 Å². The van der Waals surface area contributed by atoms with Crippen LogP contribution in [0.15, 0.2) is 29.9 Å². The Morgan fingerprint density at radius 1 is 1.33 bits per heavy atom. The molecule has 0 aromatic carbocycles. The molecule has 0 amide bonds. The number of nitrogens with zero attached hydrogens (tertiary/aromatic N) is 2. The van der Waals surface area contributed by atoms with Crippen molar-refractivity contribution in [3.8, 4) is 0 Å². The first-order valence-electron chi connectivity index (χ1n) is 4.95. The summed E-state index contributed by atoms with van der Waals surface area (Å²) in [6, 6.07) is 4.06. The van der Waals surface area contributed by atoms with E-state index in [1.54, 1.807) is 11.3 Å². The summed E-state index contributed by atoms with van der Waals surface area (Å²) in [5.41, 5.74) is 2.18. The molecule has 4 heteroatoms. The van der Waals surface area contributed by atoms with Gasteiger partial charge < -0.3 is 5.32 Å². The lowest BCUT2D eigenvalue weighted by Crippen LogP contribution is -1.98. The van der Waals surface area contributed by atoms with E-state index < -0.39 is 0 Å². The first kappa shape index (κ1) is 10.1. The Balaban J connectivity index is 2.11. The Morgan fingerprint density at radius 3 is 3.00 bits per heavy atom. The molecule has 0 fully saturated rings. The topological polar surface area (TPSA) is 37.8 Å². The average Bonchev–Trinajstić information content (AvgIpc) is 2.71. The van der Waals surface area contributed by atoms with Crippen molar-refractivity contribution in [1.82, 2.24) is 9.97 Å². The van der Waals surface area contributed by atoms with E-state index in [4.69, 9.17) is 0 Å². The van der Waals surface area contributed by atoms with Gasteiger partial charge in [0.2, 0.25) is 0 Å². The van der Waals surface area contributed by atoms with Crippen molar-refractivity contribution in [3.05, 3.63) is 40.6 Å². The Hall–Kier alpha value is -1.42. The van der Waals surface area contributed by atoms with E-state index in [1.807, 2.05) is 23.8 Å². The number of nitrogens with one attached hydrogen (secondary N) is 1. The maximum atomic E-state index is 4.32. The van der Waals surface area contributed by atoms with Crippen LogP contribution in [0.1, 0.15) is 17.6 Å². The number of aromatic nitrogens is 2. The summed E-state index contributed by atoms with van der Waals surface area (Å²) in [6.45, 7) is 3.02. The highest BCUT2D eigenvalue weighted by molar-refractivity contribution is 7.09. The van der Waals surface area contributed by atoms with Crippen molar-refractivity contribution in [2.75, 3.05) is 11.9 Å². The summed E-state index contributed by atoms with van der Waals surface area (Å²) in [4.78, 5) is 8.57. The highest BCUT2D eigenvalue weighted by Crippen LogP contribution is 2.13. The largest absolute Gasteiger partial charge is 0.385 e. The predicted molar refractivity (Wildman–Crippen MR) is 63.3 cm³/mol. The molecule has 0 saturated carbocycles. The number of thiazole rings is 1. The van der Waals surface area contributed by atoms with Crippen LogP contribution in [0.3, 0.4) is 0 Å². The predicted octanol–water partition coefficient (Wildman–Crippen LogP) is 2.56. The smallest absolute Gasteiger partial charge is 0.0984 e. The summed E-state index contributed by atoms with van der Waals surface area (Å²) in [7, 11) is 0. The summed E-state index contributed by atoms with van der Waals surface area (Å²) >= 11 is 1.67. The molecule has 2 aromatic heterocycles. The lowest BCUT2D eigenvalue weighted by Gasteiger charge is -2.04. The first-order chi connectivity index (χ1) is 7.38. The summed E-state index contributed by atoms with van der Waals surface area (Å²) in [5, 5.41) is 6.37. The van der Waals surface area contributed by atoms with E-state index in [2.05, 4.69) is 28.3 Å². The Labute approximate surface area is 93.2 Å². The number of pyridine rings is 1. The second kappa shape index (κ2) is 4.89. The van der Waals surface area contributed by atoms with Gasteiger partial charge in [-0.1, -0.05) is 0 Å². The molecular formula is C11H13N3S. The zero-order valence-corrected chi connectivity index (χ0v) is 9.42. The van der Waals surface area contributed by atoms with E-state index in [-0.39, 0.29) is 0 Å². The van der Waals surface area contributed by atoms with E-state index in [1.165, 1.54) is 0 Å². The van der Waals surface area contributed by atoms with E-state index in [9.17, 15) is 0 Å². The SMILES string of the molecule is CCNc1ccnc(Cc2nccs2)c1. The van der Waals surface area contributed by atoms with Crippen LogP contribution in [0, 0.1) is 0 Å². The van der Waals surface area contributed by atoms with Gasteiger partial charge in [-0.15, -0.1) is 11.3 Å². The third kappa shape index (κ3) is 2.76. The minimum absolute atomic E-state index is 0.816. The molecule has 3 nitrogen and oxygen atoms in total. The highest BCUT2D eigenvalue weighted by atomic mass is 32.1. The van der Waals surface area contributed by atoms with Crippen LogP contribution in [0.4, 0.5) is 5.69 Å². The number of hydrogen-bond donors (Lipinski definition) is 1. The van der Waals surface area contributed by atoms with Crippen molar-refractivity contribution in [2.45, 2.75) is 13.3 Å². The van der Waals surface area contributed by atoms with Crippen molar-refractivity contribution < 1.29 is 0 Å². The molecule has 0 atom stereocenters. The number of rotatable bonds is 4. The van der Waals surface area contributed by atoms with Crippen LogP contribution in [0.2, 0.25) is 0 Å². The molecule has 0 saturated heterocycles. The summed E-state index contributed by atoms with van der Waals surface area (Å²) in [5.74, 6) is 0. The molecule has 0 radical (unpaired) electrons. The van der Waals surface area contributed by atoms with Gasteiger partial charge in [-0.2, -0.15) is 0 Å². The van der Waals surface area contributed by atoms with Gasteiger partial charge in [0.15, 0.2) is 0 Å². The molecule has 0 spiro atoms. The number of hydrogen-bond acceptors (Lipinski definition) is 4. The average molecular weight is 219 g/mol. The van der Waals surface area contributed by atoms with Gasteiger partial charge in [0.1, 0.15) is 0 Å². The third-order valence-electron chi connectivity index (χ3n) is 2.01. The second-order valence-electron chi connectivity index (χ2n) is 3.17. The van der Waals surface area contributed by atoms with Crippen molar-refractivity contribution in [1.29, 1.82) is 0 Å². The minimum atomic E-state index is 0.816. The molecule has 1 N–H and O–H groups in total. The van der Waals surface area contributed by atoms with Gasteiger partial charge in [0, 0.05) is 42.1 Å². The zero-order valence-electron chi connectivity index (χ0n) is 8.60. The molecule has 0 aliphatic heterocycles. The lowest BCUT2D eigenvalue weighted by molar-refractivity contribution is 1.05. The van der Waals surface area contributed by atoms with Gasteiger partial charge in [-0.25, -0.2) is 4.98 Å². The molecule has 2 aromatic rings. The van der Waals surface area contributed by atoms with Gasteiger partial charge in [0.25, 0.3) is 0 Å². The molecule has 0 bridgehead atoms. The maximum absolute atomic E-state index is 4.32. The van der Waals surface area contributed by atoms with Crippen molar-refractivity contribution in [2.24, 2.45) is 0 Å². The van der Waals surface area contributed by atoms with Crippen molar-refractivity contribution >= 4 is 17.0 Å². The molecule has 2 rings (SSSR count). The molecule has 0 unspecified atom stereocenters. The van der Waals surface area contributed by atoms with Crippen LogP contribution < -0.4 is 5.32 Å². The third-order valence-corrected chi connectivity index (χ3v) is 2.79. The zero-order chi connectivity index (χ0) is 10.5. The molecule has 2 heterocycles. The minimum Gasteiger partial charge on any atom is -0.385 e. The number of anilines is 1. The monoisotopic (exact) mass is 219 g/mol. The van der Waals surface area contributed by atoms with Crippen LogP contribution in [-0.4, -0.2) is 16.5 Å². The van der Waals surface area contributed by atoms with E-state index in [0.29, 0.717) is 0 Å². The van der Waals surface area contributed by atoms with Crippen LogP contribution in [-0.2, 0) is 6.42 Å². The highest BCUT2D eigenvalue weighted by Gasteiger charge is 2.00.